The molecule has 1 N–H and O–H groups in total. The number of carbonyl (C=O) groups is 1. The Labute approximate surface area is 172 Å². The van der Waals surface area contributed by atoms with Crippen molar-refractivity contribution in [2.24, 2.45) is 0 Å². The van der Waals surface area contributed by atoms with Gasteiger partial charge in [-0.15, -0.1) is 0 Å². The van der Waals surface area contributed by atoms with E-state index in [9.17, 15) is 13.6 Å². The summed E-state index contributed by atoms with van der Waals surface area (Å²) in [6.45, 7) is 2.83. The van der Waals surface area contributed by atoms with Crippen LogP contribution in [0, 0.1) is 6.92 Å². The molecule has 1 saturated heterocycles. The van der Waals surface area contributed by atoms with Crippen LogP contribution in [0.1, 0.15) is 24.2 Å². The van der Waals surface area contributed by atoms with Gasteiger partial charge in [0.1, 0.15) is 12.2 Å². The molecule has 0 bridgehead atoms. The zero-order valence-corrected chi connectivity index (χ0v) is 16.4. The van der Waals surface area contributed by atoms with Crippen LogP contribution < -0.4 is 10.2 Å². The Morgan fingerprint density at radius 3 is 2.93 bits per heavy atom. The van der Waals surface area contributed by atoms with Crippen LogP contribution in [0.2, 0.25) is 0 Å². The van der Waals surface area contributed by atoms with Crippen LogP contribution >= 0.6 is 0 Å². The van der Waals surface area contributed by atoms with E-state index in [1.165, 1.54) is 10.7 Å². The van der Waals surface area contributed by atoms with Gasteiger partial charge in [0.15, 0.2) is 0 Å². The van der Waals surface area contributed by atoms with Crippen molar-refractivity contribution in [1.29, 1.82) is 0 Å². The van der Waals surface area contributed by atoms with Crippen molar-refractivity contribution in [2.75, 3.05) is 18.0 Å². The fraction of sp³-hybridized carbons (Fsp3) is 0.350. The Balaban J connectivity index is 1.36. The third kappa shape index (κ3) is 4.42. The highest BCUT2D eigenvalue weighted by atomic mass is 19.3. The van der Waals surface area contributed by atoms with Crippen molar-refractivity contribution < 1.29 is 13.6 Å². The van der Waals surface area contributed by atoms with Crippen LogP contribution in [0.3, 0.4) is 0 Å². The summed E-state index contributed by atoms with van der Waals surface area (Å²) >= 11 is 0. The maximum absolute atomic E-state index is 12.8. The van der Waals surface area contributed by atoms with Crippen LogP contribution in [0.15, 0.2) is 42.9 Å². The second-order valence-corrected chi connectivity index (χ2v) is 7.15. The lowest BCUT2D eigenvalue weighted by Gasteiger charge is -2.17. The van der Waals surface area contributed by atoms with Gasteiger partial charge in [-0.3, -0.25) is 14.5 Å². The summed E-state index contributed by atoms with van der Waals surface area (Å²) in [6.07, 6.45) is 3.25. The fourth-order valence-electron chi connectivity index (χ4n) is 3.45. The van der Waals surface area contributed by atoms with Gasteiger partial charge < -0.3 is 10.2 Å². The third-order valence-electron chi connectivity index (χ3n) is 4.95. The smallest absolute Gasteiger partial charge is 0.282 e. The first-order valence-electron chi connectivity index (χ1n) is 9.60. The lowest BCUT2D eigenvalue weighted by atomic mass is 10.2. The fourth-order valence-corrected chi connectivity index (χ4v) is 3.45. The van der Waals surface area contributed by atoms with Crippen molar-refractivity contribution >= 4 is 11.9 Å². The highest BCUT2D eigenvalue weighted by Crippen LogP contribution is 2.21. The van der Waals surface area contributed by atoms with E-state index >= 15 is 0 Å². The number of hydrogen-bond acceptors (Lipinski definition) is 6. The number of alkyl halides is 2. The average molecular weight is 413 g/mol. The maximum atomic E-state index is 12.8. The molecule has 0 saturated carbocycles. The van der Waals surface area contributed by atoms with Gasteiger partial charge >= 0.3 is 0 Å². The molecule has 3 aromatic heterocycles. The second-order valence-electron chi connectivity index (χ2n) is 7.15. The minimum atomic E-state index is -2.65. The number of amides is 1. The highest BCUT2D eigenvalue weighted by Gasteiger charge is 2.26. The Morgan fingerprint density at radius 2 is 2.20 bits per heavy atom. The molecule has 4 heterocycles. The molecular weight excluding hydrogens is 392 g/mol. The molecule has 0 aromatic carbocycles. The van der Waals surface area contributed by atoms with Crippen LogP contribution in [-0.2, 0) is 11.3 Å². The quantitative estimate of drug-likeness (QED) is 0.668. The molecule has 3 aromatic rings. The summed E-state index contributed by atoms with van der Waals surface area (Å²) in [5, 5.41) is 6.74. The zero-order valence-electron chi connectivity index (χ0n) is 16.4. The van der Waals surface area contributed by atoms with Gasteiger partial charge in [-0.05, 0) is 37.6 Å². The van der Waals surface area contributed by atoms with Crippen LogP contribution in [0.4, 0.5) is 14.7 Å². The predicted molar refractivity (Wildman–Crippen MR) is 106 cm³/mol. The average Bonchev–Trinajstić information content (AvgIpc) is 3.36. The molecule has 0 aliphatic carbocycles. The number of aryl methyl sites for hydroxylation is 1. The summed E-state index contributed by atoms with van der Waals surface area (Å²) < 4.78 is 26.8. The molecular formula is C20H21F2N7O. The monoisotopic (exact) mass is 413 g/mol. The van der Waals surface area contributed by atoms with Gasteiger partial charge in [0.25, 0.3) is 6.43 Å². The summed E-state index contributed by atoms with van der Waals surface area (Å²) in [4.78, 5) is 27.5. The SMILES string of the molecule is Cc1cc(C(F)F)nn1CC(=O)NC1CCN(c2nccc(-c3cccnc3)n2)C1. The Hall–Kier alpha value is -3.43. The lowest BCUT2D eigenvalue weighted by molar-refractivity contribution is -0.122. The Bertz CT molecular complexity index is 1030. The standard InChI is InChI=1S/C20H21F2N7O/c1-13-9-17(19(21)22)27-29(13)12-18(30)25-15-5-8-28(11-15)20-24-7-4-16(26-20)14-3-2-6-23-10-14/h2-4,6-7,9-10,15,19H,5,8,11-12H2,1H3,(H,25,30). The maximum Gasteiger partial charge on any atom is 0.282 e. The van der Waals surface area contributed by atoms with E-state index in [2.05, 4.69) is 25.4 Å². The summed E-state index contributed by atoms with van der Waals surface area (Å²) in [5.74, 6) is 0.330. The summed E-state index contributed by atoms with van der Waals surface area (Å²) in [7, 11) is 0. The van der Waals surface area contributed by atoms with E-state index in [1.807, 2.05) is 23.1 Å². The topological polar surface area (TPSA) is 88.8 Å². The van der Waals surface area contributed by atoms with Gasteiger partial charge in [-0.25, -0.2) is 18.7 Å². The van der Waals surface area contributed by atoms with Gasteiger partial charge in [0.05, 0.1) is 5.69 Å². The molecule has 0 spiro atoms. The van der Waals surface area contributed by atoms with Crippen LogP contribution in [0.25, 0.3) is 11.3 Å². The highest BCUT2D eigenvalue weighted by molar-refractivity contribution is 5.76. The molecule has 30 heavy (non-hydrogen) atoms. The number of carbonyl (C=O) groups excluding carboxylic acids is 1. The van der Waals surface area contributed by atoms with Crippen LogP contribution in [0.5, 0.6) is 0 Å². The Kier molecular flexibility index (Phi) is 5.64. The van der Waals surface area contributed by atoms with Crippen LogP contribution in [-0.4, -0.2) is 49.8 Å². The summed E-state index contributed by atoms with van der Waals surface area (Å²) in [6, 6.07) is 6.83. The van der Waals surface area contributed by atoms with Gasteiger partial charge in [-0.2, -0.15) is 5.10 Å². The number of pyridine rings is 1. The largest absolute Gasteiger partial charge is 0.350 e. The molecule has 1 aliphatic rings. The van der Waals surface area contributed by atoms with E-state index in [-0.39, 0.29) is 24.2 Å². The molecule has 4 rings (SSSR count). The number of anilines is 1. The number of rotatable bonds is 6. The minimum Gasteiger partial charge on any atom is -0.350 e. The molecule has 1 amide bonds. The zero-order chi connectivity index (χ0) is 21.1. The van der Waals surface area contributed by atoms with Gasteiger partial charge in [0.2, 0.25) is 11.9 Å². The van der Waals surface area contributed by atoms with E-state index in [4.69, 9.17) is 0 Å². The summed E-state index contributed by atoms with van der Waals surface area (Å²) in [5.41, 5.74) is 1.89. The molecule has 8 nitrogen and oxygen atoms in total. The number of halogens is 2. The second kappa shape index (κ2) is 8.52. The van der Waals surface area contributed by atoms with Crippen molar-refractivity contribution in [3.63, 3.8) is 0 Å². The molecule has 10 heteroatoms. The van der Waals surface area contributed by atoms with Crippen molar-refractivity contribution in [1.82, 2.24) is 30.0 Å². The number of nitrogens with zero attached hydrogens (tertiary/aromatic N) is 6. The van der Waals surface area contributed by atoms with Crippen molar-refractivity contribution in [2.45, 2.75) is 32.4 Å². The molecule has 1 atom stereocenters. The van der Waals surface area contributed by atoms with E-state index in [0.29, 0.717) is 24.7 Å². The van der Waals surface area contributed by atoms with Crippen molar-refractivity contribution in [3.8, 4) is 11.3 Å². The van der Waals surface area contributed by atoms with E-state index in [1.54, 1.807) is 25.5 Å². The molecule has 1 fully saturated rings. The van der Waals surface area contributed by atoms with Crippen molar-refractivity contribution in [3.05, 3.63) is 54.2 Å². The first kappa shape index (κ1) is 19.9. The number of nitrogens with one attached hydrogen (secondary N) is 1. The van der Waals surface area contributed by atoms with Gasteiger partial charge in [-0.1, -0.05) is 0 Å². The predicted octanol–water partition coefficient (Wildman–Crippen LogP) is 2.38. The normalized spacial score (nSPS) is 16.3. The third-order valence-corrected chi connectivity index (χ3v) is 4.95. The van der Waals surface area contributed by atoms with E-state index < -0.39 is 6.43 Å². The molecule has 1 aliphatic heterocycles. The number of hydrogen-bond donors (Lipinski definition) is 1. The minimum absolute atomic E-state index is 0.0754. The molecule has 0 radical (unpaired) electrons. The Morgan fingerprint density at radius 1 is 1.33 bits per heavy atom. The first-order chi connectivity index (χ1) is 14.5. The molecule has 1 unspecified atom stereocenters. The molecule has 156 valence electrons. The lowest BCUT2D eigenvalue weighted by Crippen LogP contribution is -2.39. The van der Waals surface area contributed by atoms with E-state index in [0.717, 1.165) is 17.7 Å². The van der Waals surface area contributed by atoms with Gasteiger partial charge in [0, 0.05) is 49.0 Å². The first-order valence-corrected chi connectivity index (χ1v) is 9.60. The number of aromatic nitrogens is 5.